The Morgan fingerprint density at radius 1 is 1.33 bits per heavy atom. The second kappa shape index (κ2) is 8.80. The molecule has 0 saturated carbocycles. The molecule has 0 bridgehead atoms. The van der Waals surface area contributed by atoms with E-state index in [4.69, 9.17) is 0 Å². The highest BCUT2D eigenvalue weighted by Crippen LogP contribution is 2.13. The minimum Gasteiger partial charge on any atom is -0.355 e. The van der Waals surface area contributed by atoms with E-state index in [1.807, 2.05) is 0 Å². The number of piperidine rings is 1. The van der Waals surface area contributed by atoms with E-state index < -0.39 is 0 Å². The molecule has 2 N–H and O–H groups in total. The van der Waals surface area contributed by atoms with Crippen LogP contribution in [0.25, 0.3) is 0 Å². The van der Waals surface area contributed by atoms with Gasteiger partial charge in [0, 0.05) is 25.7 Å². The van der Waals surface area contributed by atoms with E-state index in [-0.39, 0.29) is 5.91 Å². The molecule has 1 aromatic rings. The number of nitrogens with zero attached hydrogens (tertiary/aromatic N) is 1. The van der Waals surface area contributed by atoms with Crippen LogP contribution < -0.4 is 10.6 Å². The molecule has 1 amide bonds. The monoisotopic (exact) mass is 289 g/mol. The van der Waals surface area contributed by atoms with Crippen molar-refractivity contribution >= 4 is 5.91 Å². The maximum Gasteiger partial charge on any atom is 0.233 e. The quantitative estimate of drug-likeness (QED) is 0.804. The van der Waals surface area contributed by atoms with Crippen molar-refractivity contribution in [1.82, 2.24) is 15.5 Å². The van der Waals surface area contributed by atoms with Gasteiger partial charge in [-0.2, -0.15) is 0 Å². The molecule has 1 fully saturated rings. The van der Waals surface area contributed by atoms with Crippen LogP contribution in [0.5, 0.6) is 0 Å². The van der Waals surface area contributed by atoms with Gasteiger partial charge in [-0.25, -0.2) is 0 Å². The van der Waals surface area contributed by atoms with E-state index in [0.717, 1.165) is 39.0 Å². The maximum absolute atomic E-state index is 11.6. The van der Waals surface area contributed by atoms with Crippen molar-refractivity contribution in [3.63, 3.8) is 0 Å². The SMILES string of the molecule is CCCNC(=O)CNC1CCCN(Cc2ccccc2)C1. The third kappa shape index (κ3) is 5.86. The zero-order valence-corrected chi connectivity index (χ0v) is 13.0. The van der Waals surface area contributed by atoms with Crippen LogP contribution in [0.4, 0.5) is 0 Å². The molecule has 1 heterocycles. The van der Waals surface area contributed by atoms with E-state index in [2.05, 4.69) is 52.8 Å². The van der Waals surface area contributed by atoms with Gasteiger partial charge in [-0.3, -0.25) is 9.69 Å². The molecule has 4 nitrogen and oxygen atoms in total. The average Bonchev–Trinajstić information content (AvgIpc) is 2.52. The molecular formula is C17H27N3O. The van der Waals surface area contributed by atoms with Crippen molar-refractivity contribution in [2.24, 2.45) is 0 Å². The van der Waals surface area contributed by atoms with Crippen LogP contribution in [0.2, 0.25) is 0 Å². The predicted octanol–water partition coefficient (Wildman–Crippen LogP) is 1.77. The van der Waals surface area contributed by atoms with Gasteiger partial charge >= 0.3 is 0 Å². The zero-order chi connectivity index (χ0) is 14.9. The van der Waals surface area contributed by atoms with Gasteiger partial charge in [-0.15, -0.1) is 0 Å². The van der Waals surface area contributed by atoms with Crippen LogP contribution in [0.1, 0.15) is 31.7 Å². The van der Waals surface area contributed by atoms with Gasteiger partial charge in [-0.1, -0.05) is 37.3 Å². The van der Waals surface area contributed by atoms with Crippen LogP contribution in [0, 0.1) is 0 Å². The summed E-state index contributed by atoms with van der Waals surface area (Å²) in [5, 5.41) is 6.30. The lowest BCUT2D eigenvalue weighted by Gasteiger charge is -2.33. The summed E-state index contributed by atoms with van der Waals surface area (Å²) in [6.07, 6.45) is 3.34. The number of nitrogens with one attached hydrogen (secondary N) is 2. The molecule has 0 aliphatic carbocycles. The summed E-state index contributed by atoms with van der Waals surface area (Å²) in [4.78, 5) is 14.1. The summed E-state index contributed by atoms with van der Waals surface area (Å²) in [5.41, 5.74) is 1.36. The number of likely N-dealkylation sites (tertiary alicyclic amines) is 1. The lowest BCUT2D eigenvalue weighted by molar-refractivity contribution is -0.120. The number of carbonyl (C=O) groups excluding carboxylic acids is 1. The lowest BCUT2D eigenvalue weighted by atomic mass is 10.0. The largest absolute Gasteiger partial charge is 0.355 e. The van der Waals surface area contributed by atoms with Crippen molar-refractivity contribution in [2.75, 3.05) is 26.2 Å². The summed E-state index contributed by atoms with van der Waals surface area (Å²) >= 11 is 0. The fourth-order valence-corrected chi connectivity index (χ4v) is 2.77. The van der Waals surface area contributed by atoms with Crippen LogP contribution in [-0.2, 0) is 11.3 Å². The topological polar surface area (TPSA) is 44.4 Å². The molecule has 2 rings (SSSR count). The number of amides is 1. The number of hydrogen-bond acceptors (Lipinski definition) is 3. The van der Waals surface area contributed by atoms with Crippen molar-refractivity contribution in [1.29, 1.82) is 0 Å². The Labute approximate surface area is 127 Å². The van der Waals surface area contributed by atoms with E-state index >= 15 is 0 Å². The van der Waals surface area contributed by atoms with Gasteiger partial charge in [0.05, 0.1) is 6.54 Å². The molecule has 1 saturated heterocycles. The lowest BCUT2D eigenvalue weighted by Crippen LogP contribution is -2.48. The summed E-state index contributed by atoms with van der Waals surface area (Å²) in [6, 6.07) is 11.0. The smallest absolute Gasteiger partial charge is 0.233 e. The van der Waals surface area contributed by atoms with Crippen LogP contribution in [0.15, 0.2) is 30.3 Å². The molecule has 0 spiro atoms. The van der Waals surface area contributed by atoms with Gasteiger partial charge in [0.1, 0.15) is 0 Å². The van der Waals surface area contributed by atoms with Gasteiger partial charge < -0.3 is 10.6 Å². The molecule has 0 radical (unpaired) electrons. The highest BCUT2D eigenvalue weighted by molar-refractivity contribution is 5.77. The maximum atomic E-state index is 11.6. The number of hydrogen-bond donors (Lipinski definition) is 2. The molecule has 21 heavy (non-hydrogen) atoms. The van der Waals surface area contributed by atoms with Gasteiger partial charge in [0.2, 0.25) is 5.91 Å². The van der Waals surface area contributed by atoms with Crippen molar-refractivity contribution < 1.29 is 4.79 Å². The molecular weight excluding hydrogens is 262 g/mol. The normalized spacial score (nSPS) is 19.4. The van der Waals surface area contributed by atoms with Gasteiger partial charge in [0.15, 0.2) is 0 Å². The number of carbonyl (C=O) groups is 1. The standard InChI is InChI=1S/C17H27N3O/c1-2-10-18-17(21)12-19-16-9-6-11-20(14-16)13-15-7-4-3-5-8-15/h3-5,7-8,16,19H,2,6,9-14H2,1H3,(H,18,21). The molecule has 0 aromatic heterocycles. The first-order valence-corrected chi connectivity index (χ1v) is 8.04. The van der Waals surface area contributed by atoms with Crippen LogP contribution in [0.3, 0.4) is 0 Å². The highest BCUT2D eigenvalue weighted by atomic mass is 16.1. The third-order valence-electron chi connectivity index (χ3n) is 3.88. The van der Waals surface area contributed by atoms with Gasteiger partial charge in [-0.05, 0) is 31.4 Å². The molecule has 4 heteroatoms. The fourth-order valence-electron chi connectivity index (χ4n) is 2.77. The van der Waals surface area contributed by atoms with E-state index in [1.165, 1.54) is 12.0 Å². The highest BCUT2D eigenvalue weighted by Gasteiger charge is 2.20. The van der Waals surface area contributed by atoms with Crippen LogP contribution in [-0.4, -0.2) is 43.0 Å². The molecule has 1 aliphatic rings. The summed E-state index contributed by atoms with van der Waals surface area (Å²) in [6.45, 7) is 6.44. The molecule has 1 aromatic carbocycles. The van der Waals surface area contributed by atoms with E-state index in [1.54, 1.807) is 0 Å². The van der Waals surface area contributed by atoms with Gasteiger partial charge in [0.25, 0.3) is 0 Å². The minimum absolute atomic E-state index is 0.108. The Morgan fingerprint density at radius 2 is 2.14 bits per heavy atom. The molecule has 116 valence electrons. The van der Waals surface area contributed by atoms with E-state index in [0.29, 0.717) is 12.6 Å². The Bertz CT molecular complexity index is 421. The van der Waals surface area contributed by atoms with Crippen molar-refractivity contribution in [3.05, 3.63) is 35.9 Å². The summed E-state index contributed by atoms with van der Waals surface area (Å²) < 4.78 is 0. The Kier molecular flexibility index (Phi) is 6.70. The Balaban J connectivity index is 1.72. The van der Waals surface area contributed by atoms with Crippen LogP contribution >= 0.6 is 0 Å². The third-order valence-corrected chi connectivity index (χ3v) is 3.88. The minimum atomic E-state index is 0.108. The second-order valence-corrected chi connectivity index (χ2v) is 5.79. The first-order chi connectivity index (χ1) is 10.3. The Morgan fingerprint density at radius 3 is 2.90 bits per heavy atom. The number of rotatable bonds is 7. The van der Waals surface area contributed by atoms with Crippen molar-refractivity contribution in [2.45, 2.75) is 38.8 Å². The molecule has 1 aliphatic heterocycles. The molecule has 1 atom stereocenters. The first-order valence-electron chi connectivity index (χ1n) is 8.04. The van der Waals surface area contributed by atoms with E-state index in [9.17, 15) is 4.79 Å². The summed E-state index contributed by atoms with van der Waals surface area (Å²) in [7, 11) is 0. The average molecular weight is 289 g/mol. The second-order valence-electron chi connectivity index (χ2n) is 5.79. The Hall–Kier alpha value is -1.39. The predicted molar refractivity (Wildman–Crippen MR) is 86.0 cm³/mol. The fraction of sp³-hybridized carbons (Fsp3) is 0.588. The first kappa shape index (κ1) is 16.0. The van der Waals surface area contributed by atoms with Crippen molar-refractivity contribution in [3.8, 4) is 0 Å². The molecule has 1 unspecified atom stereocenters. The zero-order valence-electron chi connectivity index (χ0n) is 13.0. The number of benzene rings is 1. The summed E-state index contributed by atoms with van der Waals surface area (Å²) in [5.74, 6) is 0.108.